The van der Waals surface area contributed by atoms with E-state index in [2.05, 4.69) is 10.0 Å². The number of carbonyl (C=O) groups is 1. The van der Waals surface area contributed by atoms with Crippen LogP contribution in [0, 0.1) is 0 Å². The SMILES string of the molecule is CCOc1ccc(C(=O)N[C@H](C)CC)cc1S(=O)(=O)NC(C)C. The maximum absolute atomic E-state index is 12.5. The van der Waals surface area contributed by atoms with Crippen molar-refractivity contribution >= 4 is 15.9 Å². The third kappa shape index (κ3) is 5.51. The van der Waals surface area contributed by atoms with E-state index in [0.29, 0.717) is 6.61 Å². The molecule has 0 radical (unpaired) electrons. The average molecular weight is 342 g/mol. The molecule has 0 aliphatic heterocycles. The van der Waals surface area contributed by atoms with Crippen molar-refractivity contribution in [2.24, 2.45) is 0 Å². The van der Waals surface area contributed by atoms with Crippen LogP contribution in [-0.2, 0) is 10.0 Å². The van der Waals surface area contributed by atoms with E-state index in [-0.39, 0.29) is 34.2 Å². The third-order valence-corrected chi connectivity index (χ3v) is 4.86. The molecule has 0 unspecified atom stereocenters. The van der Waals surface area contributed by atoms with Crippen LogP contribution in [0.3, 0.4) is 0 Å². The molecule has 1 amide bonds. The first-order valence-electron chi connectivity index (χ1n) is 7.81. The smallest absolute Gasteiger partial charge is 0.251 e. The lowest BCUT2D eigenvalue weighted by Gasteiger charge is -2.16. The second kappa shape index (κ2) is 8.31. The van der Waals surface area contributed by atoms with Gasteiger partial charge in [0.25, 0.3) is 5.91 Å². The van der Waals surface area contributed by atoms with Crippen LogP contribution in [0.1, 0.15) is 51.4 Å². The molecule has 0 saturated carbocycles. The van der Waals surface area contributed by atoms with Gasteiger partial charge in [-0.25, -0.2) is 13.1 Å². The number of sulfonamides is 1. The zero-order valence-corrected chi connectivity index (χ0v) is 15.2. The zero-order valence-electron chi connectivity index (χ0n) is 14.3. The number of ether oxygens (including phenoxy) is 1. The molecule has 1 aromatic carbocycles. The van der Waals surface area contributed by atoms with Gasteiger partial charge in [0.1, 0.15) is 10.6 Å². The Hall–Kier alpha value is -1.60. The van der Waals surface area contributed by atoms with Crippen LogP contribution >= 0.6 is 0 Å². The first kappa shape index (κ1) is 19.4. The Morgan fingerprint density at radius 1 is 1.22 bits per heavy atom. The molecule has 0 aliphatic rings. The highest BCUT2D eigenvalue weighted by Gasteiger charge is 2.23. The first-order chi connectivity index (χ1) is 10.7. The molecule has 6 nitrogen and oxygen atoms in total. The fraction of sp³-hybridized carbons (Fsp3) is 0.562. The van der Waals surface area contributed by atoms with Gasteiger partial charge >= 0.3 is 0 Å². The maximum Gasteiger partial charge on any atom is 0.251 e. The van der Waals surface area contributed by atoms with Gasteiger partial charge in [-0.05, 0) is 52.3 Å². The van der Waals surface area contributed by atoms with E-state index < -0.39 is 10.0 Å². The van der Waals surface area contributed by atoms with Crippen molar-refractivity contribution in [3.8, 4) is 5.75 Å². The van der Waals surface area contributed by atoms with Crippen LogP contribution in [0.15, 0.2) is 23.1 Å². The van der Waals surface area contributed by atoms with E-state index in [1.54, 1.807) is 26.8 Å². The zero-order chi connectivity index (χ0) is 17.6. The van der Waals surface area contributed by atoms with Gasteiger partial charge in [-0.2, -0.15) is 0 Å². The normalized spacial score (nSPS) is 13.0. The quantitative estimate of drug-likeness (QED) is 0.759. The van der Waals surface area contributed by atoms with E-state index in [0.717, 1.165) is 6.42 Å². The van der Waals surface area contributed by atoms with Gasteiger partial charge in [0.2, 0.25) is 10.0 Å². The number of hydrogen-bond donors (Lipinski definition) is 2. The average Bonchev–Trinajstić information content (AvgIpc) is 2.46. The van der Waals surface area contributed by atoms with E-state index in [1.165, 1.54) is 12.1 Å². The molecule has 0 fully saturated rings. The number of nitrogens with one attached hydrogen (secondary N) is 2. The molecule has 0 aliphatic carbocycles. The Morgan fingerprint density at radius 3 is 2.39 bits per heavy atom. The van der Waals surface area contributed by atoms with Crippen molar-refractivity contribution in [1.29, 1.82) is 0 Å². The summed E-state index contributed by atoms with van der Waals surface area (Å²) in [6, 6.07) is 4.20. The van der Waals surface area contributed by atoms with Crippen molar-refractivity contribution in [2.45, 2.75) is 58.0 Å². The summed E-state index contributed by atoms with van der Waals surface area (Å²) in [5.74, 6) is -0.0656. The van der Waals surface area contributed by atoms with Gasteiger partial charge < -0.3 is 10.1 Å². The summed E-state index contributed by atoms with van der Waals surface area (Å²) in [4.78, 5) is 12.2. The Bertz CT molecular complexity index is 641. The summed E-state index contributed by atoms with van der Waals surface area (Å²) < 4.78 is 32.8. The second-order valence-electron chi connectivity index (χ2n) is 5.65. The van der Waals surface area contributed by atoms with Crippen LogP contribution in [0.25, 0.3) is 0 Å². The van der Waals surface area contributed by atoms with E-state index in [1.807, 2.05) is 13.8 Å². The predicted molar refractivity (Wildman–Crippen MR) is 90.3 cm³/mol. The Morgan fingerprint density at radius 2 is 1.87 bits per heavy atom. The van der Waals surface area contributed by atoms with Gasteiger partial charge in [-0.15, -0.1) is 0 Å². The summed E-state index contributed by atoms with van der Waals surface area (Å²) in [5.41, 5.74) is 0.290. The minimum absolute atomic E-state index is 0.0166. The van der Waals surface area contributed by atoms with Gasteiger partial charge in [-0.1, -0.05) is 6.92 Å². The van der Waals surface area contributed by atoms with Crippen LogP contribution in [0.2, 0.25) is 0 Å². The van der Waals surface area contributed by atoms with Crippen molar-refractivity contribution in [3.05, 3.63) is 23.8 Å². The summed E-state index contributed by atoms with van der Waals surface area (Å²) in [6.07, 6.45) is 0.794. The molecule has 2 N–H and O–H groups in total. The van der Waals surface area contributed by atoms with E-state index in [9.17, 15) is 13.2 Å². The summed E-state index contributed by atoms with van der Waals surface area (Å²) in [5, 5.41) is 2.82. The monoisotopic (exact) mass is 342 g/mol. The Balaban J connectivity index is 3.25. The maximum atomic E-state index is 12.5. The molecule has 7 heteroatoms. The Kier molecular flexibility index (Phi) is 7.02. The number of benzene rings is 1. The number of hydrogen-bond acceptors (Lipinski definition) is 4. The third-order valence-electron chi connectivity index (χ3n) is 3.18. The largest absolute Gasteiger partial charge is 0.492 e. The molecule has 23 heavy (non-hydrogen) atoms. The fourth-order valence-corrected chi connectivity index (χ4v) is 3.34. The van der Waals surface area contributed by atoms with Crippen LogP contribution < -0.4 is 14.8 Å². The van der Waals surface area contributed by atoms with Crippen molar-refractivity contribution < 1.29 is 17.9 Å². The molecule has 0 bridgehead atoms. The molecule has 130 valence electrons. The molecule has 0 spiro atoms. The van der Waals surface area contributed by atoms with Crippen molar-refractivity contribution in [2.75, 3.05) is 6.61 Å². The summed E-state index contributed by atoms with van der Waals surface area (Å²) >= 11 is 0. The van der Waals surface area contributed by atoms with Crippen LogP contribution in [0.4, 0.5) is 0 Å². The lowest BCUT2D eigenvalue weighted by atomic mass is 10.2. The topological polar surface area (TPSA) is 84.5 Å². The standard InChI is InChI=1S/C16H26N2O4S/c1-6-12(5)17-16(19)13-8-9-14(22-7-2)15(10-13)23(20,21)18-11(3)4/h8-12,18H,6-7H2,1-5H3,(H,17,19)/t12-/m1/s1. The molecule has 1 atom stereocenters. The van der Waals surface area contributed by atoms with Crippen molar-refractivity contribution in [3.63, 3.8) is 0 Å². The molecule has 0 aromatic heterocycles. The number of carbonyl (C=O) groups excluding carboxylic acids is 1. The van der Waals surface area contributed by atoms with Gasteiger partial charge in [0.05, 0.1) is 6.61 Å². The summed E-state index contributed by atoms with van der Waals surface area (Å²) in [6.45, 7) is 9.43. The number of rotatable bonds is 8. The number of amides is 1. The molecule has 1 rings (SSSR count). The van der Waals surface area contributed by atoms with Crippen LogP contribution in [0.5, 0.6) is 5.75 Å². The van der Waals surface area contributed by atoms with Crippen LogP contribution in [-0.4, -0.2) is 33.0 Å². The molecular formula is C16H26N2O4S. The van der Waals surface area contributed by atoms with Crippen molar-refractivity contribution in [1.82, 2.24) is 10.0 Å². The highest BCUT2D eigenvalue weighted by atomic mass is 32.2. The highest BCUT2D eigenvalue weighted by Crippen LogP contribution is 2.25. The van der Waals surface area contributed by atoms with E-state index in [4.69, 9.17) is 4.74 Å². The molecule has 1 aromatic rings. The molecule has 0 saturated heterocycles. The minimum Gasteiger partial charge on any atom is -0.492 e. The fourth-order valence-electron chi connectivity index (χ4n) is 1.92. The van der Waals surface area contributed by atoms with Gasteiger partial charge in [0.15, 0.2) is 0 Å². The second-order valence-corrected chi connectivity index (χ2v) is 7.34. The highest BCUT2D eigenvalue weighted by molar-refractivity contribution is 7.89. The minimum atomic E-state index is -3.76. The lowest BCUT2D eigenvalue weighted by Crippen LogP contribution is -2.33. The summed E-state index contributed by atoms with van der Waals surface area (Å²) in [7, 11) is -3.76. The van der Waals surface area contributed by atoms with E-state index >= 15 is 0 Å². The molecular weight excluding hydrogens is 316 g/mol. The van der Waals surface area contributed by atoms with Gasteiger partial charge in [-0.3, -0.25) is 4.79 Å². The Labute approximate surface area is 138 Å². The predicted octanol–water partition coefficient (Wildman–Crippen LogP) is 2.30. The molecule has 0 heterocycles. The first-order valence-corrected chi connectivity index (χ1v) is 9.29. The van der Waals surface area contributed by atoms with Gasteiger partial charge in [0, 0.05) is 17.6 Å². The lowest BCUT2D eigenvalue weighted by molar-refractivity contribution is 0.0939.